The van der Waals surface area contributed by atoms with E-state index in [-0.39, 0.29) is 35.8 Å². The highest BCUT2D eigenvalue weighted by molar-refractivity contribution is 5.85. The molecule has 1 heterocycles. The van der Waals surface area contributed by atoms with Crippen LogP contribution in [-0.2, 0) is 4.79 Å². The maximum absolute atomic E-state index is 12.4. The van der Waals surface area contributed by atoms with E-state index >= 15 is 0 Å². The largest absolute Gasteiger partial charge is 0.338 e. The van der Waals surface area contributed by atoms with E-state index in [1.54, 1.807) is 0 Å². The molecule has 3 unspecified atom stereocenters. The summed E-state index contributed by atoms with van der Waals surface area (Å²) in [5, 5.41) is 0. The molecule has 1 saturated heterocycles. The quantitative estimate of drug-likeness (QED) is 0.827. The second-order valence-corrected chi connectivity index (χ2v) is 6.20. The summed E-state index contributed by atoms with van der Waals surface area (Å²) in [6.45, 7) is 7.30. The number of halogens is 1. The average molecular weight is 261 g/mol. The number of carbonyl (C=O) groups excluding carboxylic acids is 1. The lowest BCUT2D eigenvalue weighted by Crippen LogP contribution is -2.52. The fourth-order valence-corrected chi connectivity index (χ4v) is 2.87. The minimum absolute atomic E-state index is 0. The molecule has 0 aromatic carbocycles. The number of likely N-dealkylation sites (tertiary alicyclic amines) is 1. The smallest absolute Gasteiger partial charge is 0.226 e. The molecular formula is C13H25ClN2O. The van der Waals surface area contributed by atoms with E-state index in [0.29, 0.717) is 5.91 Å². The van der Waals surface area contributed by atoms with Gasteiger partial charge < -0.3 is 10.6 Å². The lowest BCUT2D eigenvalue weighted by Gasteiger charge is -2.38. The Bertz CT molecular complexity index is 291. The molecule has 2 rings (SSSR count). The summed E-state index contributed by atoms with van der Waals surface area (Å²) in [5.41, 5.74) is 6.22. The van der Waals surface area contributed by atoms with Crippen molar-refractivity contribution in [1.29, 1.82) is 0 Å². The van der Waals surface area contributed by atoms with E-state index in [2.05, 4.69) is 18.7 Å². The zero-order valence-corrected chi connectivity index (χ0v) is 11.9. The van der Waals surface area contributed by atoms with Gasteiger partial charge in [-0.05, 0) is 38.0 Å². The predicted molar refractivity (Wildman–Crippen MR) is 72.1 cm³/mol. The van der Waals surface area contributed by atoms with Crippen molar-refractivity contribution in [3.63, 3.8) is 0 Å². The van der Waals surface area contributed by atoms with Crippen LogP contribution in [0.25, 0.3) is 0 Å². The molecule has 0 spiro atoms. The van der Waals surface area contributed by atoms with Crippen LogP contribution in [0.3, 0.4) is 0 Å². The Morgan fingerprint density at radius 2 is 2.00 bits per heavy atom. The number of hydrogen-bond acceptors (Lipinski definition) is 2. The molecule has 3 atom stereocenters. The summed E-state index contributed by atoms with van der Waals surface area (Å²) in [7, 11) is 0. The highest BCUT2D eigenvalue weighted by Gasteiger charge is 2.52. The summed E-state index contributed by atoms with van der Waals surface area (Å²) in [6.07, 6.45) is 4.48. The van der Waals surface area contributed by atoms with Gasteiger partial charge in [-0.25, -0.2) is 0 Å². The third-order valence-corrected chi connectivity index (χ3v) is 4.25. The molecule has 17 heavy (non-hydrogen) atoms. The molecule has 1 amide bonds. The number of piperidine rings is 1. The first kappa shape index (κ1) is 14.8. The van der Waals surface area contributed by atoms with E-state index in [9.17, 15) is 4.79 Å². The van der Waals surface area contributed by atoms with E-state index < -0.39 is 0 Å². The number of nitrogens with zero attached hydrogens (tertiary/aromatic N) is 1. The predicted octanol–water partition coefficient (Wildman–Crippen LogP) is 2.18. The Hall–Kier alpha value is -0.280. The zero-order chi connectivity index (χ0) is 11.9. The van der Waals surface area contributed by atoms with Crippen LogP contribution in [0, 0.1) is 11.3 Å². The number of rotatable bonds is 2. The fourth-order valence-electron chi connectivity index (χ4n) is 2.87. The molecular weight excluding hydrogens is 236 g/mol. The maximum atomic E-state index is 12.4. The molecule has 1 aliphatic carbocycles. The van der Waals surface area contributed by atoms with Gasteiger partial charge in [-0.2, -0.15) is 0 Å². The SMILES string of the molecule is CC(N)C1CCCCN1C(=O)C1CC1(C)C.Cl. The Morgan fingerprint density at radius 3 is 2.47 bits per heavy atom. The van der Waals surface area contributed by atoms with Crippen molar-refractivity contribution in [1.82, 2.24) is 4.90 Å². The van der Waals surface area contributed by atoms with Gasteiger partial charge in [0, 0.05) is 24.5 Å². The zero-order valence-electron chi connectivity index (χ0n) is 11.1. The van der Waals surface area contributed by atoms with Crippen LogP contribution in [0.1, 0.15) is 46.5 Å². The van der Waals surface area contributed by atoms with Crippen LogP contribution in [0.2, 0.25) is 0 Å². The molecule has 0 aromatic rings. The Balaban J connectivity index is 0.00000144. The minimum Gasteiger partial charge on any atom is -0.338 e. The molecule has 0 bridgehead atoms. The Labute approximate surface area is 111 Å². The molecule has 100 valence electrons. The van der Waals surface area contributed by atoms with Crippen molar-refractivity contribution in [3.8, 4) is 0 Å². The van der Waals surface area contributed by atoms with Crippen molar-refractivity contribution in [2.45, 2.75) is 58.5 Å². The third-order valence-electron chi connectivity index (χ3n) is 4.25. The first-order valence-electron chi connectivity index (χ1n) is 6.49. The molecule has 2 N–H and O–H groups in total. The fraction of sp³-hybridized carbons (Fsp3) is 0.923. The lowest BCUT2D eigenvalue weighted by atomic mass is 9.96. The Morgan fingerprint density at radius 1 is 1.41 bits per heavy atom. The minimum atomic E-state index is 0. The van der Waals surface area contributed by atoms with Gasteiger partial charge in [0.05, 0.1) is 0 Å². The third kappa shape index (κ3) is 2.94. The summed E-state index contributed by atoms with van der Waals surface area (Å²) in [6, 6.07) is 0.378. The molecule has 3 nitrogen and oxygen atoms in total. The first-order valence-corrected chi connectivity index (χ1v) is 6.49. The van der Waals surface area contributed by atoms with Gasteiger partial charge in [-0.15, -0.1) is 12.4 Å². The molecule has 0 radical (unpaired) electrons. The second-order valence-electron chi connectivity index (χ2n) is 6.20. The molecule has 2 aliphatic rings. The van der Waals surface area contributed by atoms with E-state index in [4.69, 9.17) is 5.73 Å². The molecule has 1 saturated carbocycles. The van der Waals surface area contributed by atoms with Crippen molar-refractivity contribution >= 4 is 18.3 Å². The average Bonchev–Trinajstić information content (AvgIpc) is 2.86. The number of amides is 1. The van der Waals surface area contributed by atoms with Crippen LogP contribution < -0.4 is 5.73 Å². The lowest BCUT2D eigenvalue weighted by molar-refractivity contribution is -0.137. The van der Waals surface area contributed by atoms with Crippen LogP contribution in [0.4, 0.5) is 0 Å². The van der Waals surface area contributed by atoms with E-state index in [1.807, 2.05) is 6.92 Å². The van der Waals surface area contributed by atoms with E-state index in [0.717, 1.165) is 25.8 Å². The topological polar surface area (TPSA) is 46.3 Å². The van der Waals surface area contributed by atoms with Gasteiger partial charge in [0.15, 0.2) is 0 Å². The highest BCUT2D eigenvalue weighted by Crippen LogP contribution is 2.52. The van der Waals surface area contributed by atoms with Gasteiger partial charge in [-0.1, -0.05) is 13.8 Å². The molecule has 0 aromatic heterocycles. The second kappa shape index (κ2) is 5.15. The van der Waals surface area contributed by atoms with Crippen molar-refractivity contribution in [2.75, 3.05) is 6.54 Å². The van der Waals surface area contributed by atoms with Crippen LogP contribution in [0.5, 0.6) is 0 Å². The number of carbonyl (C=O) groups is 1. The molecule has 2 fully saturated rings. The van der Waals surface area contributed by atoms with Gasteiger partial charge in [-0.3, -0.25) is 4.79 Å². The van der Waals surface area contributed by atoms with Crippen molar-refractivity contribution in [2.24, 2.45) is 17.1 Å². The molecule has 4 heteroatoms. The van der Waals surface area contributed by atoms with Crippen molar-refractivity contribution < 1.29 is 4.79 Å². The summed E-state index contributed by atoms with van der Waals surface area (Å²) >= 11 is 0. The van der Waals surface area contributed by atoms with Gasteiger partial charge in [0.2, 0.25) is 5.91 Å². The number of nitrogens with two attached hydrogens (primary N) is 1. The molecule has 1 aliphatic heterocycles. The van der Waals surface area contributed by atoms with E-state index in [1.165, 1.54) is 6.42 Å². The highest BCUT2D eigenvalue weighted by atomic mass is 35.5. The summed E-state index contributed by atoms with van der Waals surface area (Å²) in [5.74, 6) is 0.610. The Kier molecular flexibility index (Phi) is 4.48. The van der Waals surface area contributed by atoms with Crippen molar-refractivity contribution in [3.05, 3.63) is 0 Å². The monoisotopic (exact) mass is 260 g/mol. The maximum Gasteiger partial charge on any atom is 0.226 e. The van der Waals surface area contributed by atoms with Gasteiger partial charge >= 0.3 is 0 Å². The summed E-state index contributed by atoms with van der Waals surface area (Å²) < 4.78 is 0. The van der Waals surface area contributed by atoms with Crippen LogP contribution in [0.15, 0.2) is 0 Å². The van der Waals surface area contributed by atoms with Crippen LogP contribution in [-0.4, -0.2) is 29.4 Å². The van der Waals surface area contributed by atoms with Crippen LogP contribution >= 0.6 is 12.4 Å². The van der Waals surface area contributed by atoms with Gasteiger partial charge in [0.25, 0.3) is 0 Å². The standard InChI is InChI=1S/C13H24N2O.ClH/c1-9(14)11-6-4-5-7-15(11)12(16)10-8-13(10,2)3;/h9-11H,4-8,14H2,1-3H3;1H. The van der Waals surface area contributed by atoms with Gasteiger partial charge in [0.1, 0.15) is 0 Å². The number of hydrogen-bond donors (Lipinski definition) is 1. The first-order chi connectivity index (χ1) is 7.43. The normalized spacial score (nSPS) is 32.6. The summed E-state index contributed by atoms with van der Waals surface area (Å²) in [4.78, 5) is 14.4.